The Hall–Kier alpha value is -0.860. The molecular formula is C29H55O3. The van der Waals surface area contributed by atoms with Gasteiger partial charge in [0.05, 0.1) is 6.42 Å². The van der Waals surface area contributed by atoms with Gasteiger partial charge < -0.3 is 4.74 Å². The number of carbonyl (C=O) groups is 1. The van der Waals surface area contributed by atoms with Gasteiger partial charge >= 0.3 is 5.97 Å². The Morgan fingerprint density at radius 3 is 1.38 bits per heavy atom. The summed E-state index contributed by atoms with van der Waals surface area (Å²) in [6.45, 7) is 4.51. The smallest absolute Gasteiger partial charge is 0.306 e. The molecule has 0 aromatic rings. The van der Waals surface area contributed by atoms with Crippen molar-refractivity contribution < 1.29 is 14.3 Å². The first-order chi connectivity index (χ1) is 15.7. The van der Waals surface area contributed by atoms with Crippen molar-refractivity contribution in [2.75, 3.05) is 0 Å². The molecule has 189 valence electrons. The molecule has 1 radical (unpaired) electrons. The first-order valence-electron chi connectivity index (χ1n) is 14.3. The van der Waals surface area contributed by atoms with E-state index in [2.05, 4.69) is 13.8 Å². The van der Waals surface area contributed by atoms with E-state index in [-0.39, 0.29) is 18.5 Å². The molecule has 0 saturated carbocycles. The van der Waals surface area contributed by atoms with Crippen molar-refractivity contribution >= 4 is 12.3 Å². The largest absolute Gasteiger partial charge is 0.462 e. The minimum absolute atomic E-state index is 0.132. The number of hydrogen-bond acceptors (Lipinski definition) is 3. The van der Waals surface area contributed by atoms with Crippen LogP contribution in [-0.2, 0) is 14.3 Å². The van der Waals surface area contributed by atoms with E-state index in [9.17, 15) is 9.59 Å². The van der Waals surface area contributed by atoms with Crippen LogP contribution in [0, 0.1) is 0 Å². The van der Waals surface area contributed by atoms with Gasteiger partial charge in [-0.05, 0) is 19.3 Å². The van der Waals surface area contributed by atoms with E-state index in [4.69, 9.17) is 4.74 Å². The highest BCUT2D eigenvalue weighted by atomic mass is 16.5. The average molecular weight is 452 g/mol. The molecule has 0 aliphatic heterocycles. The van der Waals surface area contributed by atoms with Crippen molar-refractivity contribution in [2.24, 2.45) is 0 Å². The monoisotopic (exact) mass is 451 g/mol. The van der Waals surface area contributed by atoms with Gasteiger partial charge in [-0.15, -0.1) is 0 Å². The Morgan fingerprint density at radius 1 is 0.594 bits per heavy atom. The van der Waals surface area contributed by atoms with Gasteiger partial charge in [0.2, 0.25) is 6.29 Å². The molecule has 0 bridgehead atoms. The highest BCUT2D eigenvalue weighted by Gasteiger charge is 2.14. The summed E-state index contributed by atoms with van der Waals surface area (Å²) in [4.78, 5) is 22.9. The van der Waals surface area contributed by atoms with Crippen LogP contribution < -0.4 is 0 Å². The first-order valence-corrected chi connectivity index (χ1v) is 14.3. The normalized spacial score (nSPS) is 12.1. The van der Waals surface area contributed by atoms with Crippen LogP contribution in [0.2, 0.25) is 0 Å². The fourth-order valence-corrected chi connectivity index (χ4v) is 4.33. The van der Waals surface area contributed by atoms with Crippen LogP contribution in [0.4, 0.5) is 0 Å². The second-order valence-electron chi connectivity index (χ2n) is 9.72. The minimum Gasteiger partial charge on any atom is -0.462 e. The van der Waals surface area contributed by atoms with Gasteiger partial charge in [0.15, 0.2) is 0 Å². The number of esters is 1. The summed E-state index contributed by atoms with van der Waals surface area (Å²) in [5.74, 6) is -0.132. The zero-order chi connectivity index (χ0) is 23.5. The lowest BCUT2D eigenvalue weighted by Crippen LogP contribution is -2.18. The predicted octanol–water partition coefficient (Wildman–Crippen LogP) is 9.41. The molecule has 0 fully saturated rings. The highest BCUT2D eigenvalue weighted by Crippen LogP contribution is 2.16. The van der Waals surface area contributed by atoms with E-state index < -0.39 is 0 Å². The predicted molar refractivity (Wildman–Crippen MR) is 138 cm³/mol. The van der Waals surface area contributed by atoms with Crippen LogP contribution in [0.3, 0.4) is 0 Å². The van der Waals surface area contributed by atoms with Crippen LogP contribution >= 0.6 is 0 Å². The molecule has 0 aromatic heterocycles. The molecule has 0 saturated heterocycles. The second-order valence-corrected chi connectivity index (χ2v) is 9.72. The van der Waals surface area contributed by atoms with Crippen molar-refractivity contribution in [3.63, 3.8) is 0 Å². The van der Waals surface area contributed by atoms with Crippen molar-refractivity contribution in [2.45, 2.75) is 174 Å². The van der Waals surface area contributed by atoms with Crippen LogP contribution in [0.5, 0.6) is 0 Å². The first kappa shape index (κ1) is 31.1. The van der Waals surface area contributed by atoms with Gasteiger partial charge in [-0.1, -0.05) is 136 Å². The minimum atomic E-state index is -0.262. The van der Waals surface area contributed by atoms with Crippen molar-refractivity contribution in [1.82, 2.24) is 0 Å². The summed E-state index contributed by atoms with van der Waals surface area (Å²) in [6, 6.07) is 0. The lowest BCUT2D eigenvalue weighted by atomic mass is 10.0. The van der Waals surface area contributed by atoms with Crippen molar-refractivity contribution in [3.05, 3.63) is 0 Å². The summed E-state index contributed by atoms with van der Waals surface area (Å²) >= 11 is 0. The topological polar surface area (TPSA) is 43.4 Å². The molecule has 1 unspecified atom stereocenters. The van der Waals surface area contributed by atoms with Crippen LogP contribution in [0.1, 0.15) is 168 Å². The highest BCUT2D eigenvalue weighted by molar-refractivity contribution is 5.69. The summed E-state index contributed by atoms with van der Waals surface area (Å²) < 4.78 is 5.56. The number of unbranched alkanes of at least 4 members (excludes halogenated alkanes) is 19. The van der Waals surface area contributed by atoms with Crippen molar-refractivity contribution in [1.29, 1.82) is 0 Å². The van der Waals surface area contributed by atoms with E-state index in [0.717, 1.165) is 25.7 Å². The van der Waals surface area contributed by atoms with Gasteiger partial charge in [0.1, 0.15) is 6.10 Å². The molecule has 0 aliphatic rings. The quantitative estimate of drug-likeness (QED) is 0.0971. The zero-order valence-electron chi connectivity index (χ0n) is 21.8. The third-order valence-corrected chi connectivity index (χ3v) is 6.47. The molecule has 3 nitrogen and oxygen atoms in total. The SMILES string of the molecule is CCCCCCCCCCCCCC(C[C]=O)OC(=O)CCCCCCCCCCCC. The molecule has 3 heteroatoms. The third-order valence-electron chi connectivity index (χ3n) is 6.47. The number of carbonyl (C=O) groups excluding carboxylic acids is 2. The molecule has 0 amide bonds. The van der Waals surface area contributed by atoms with Gasteiger partial charge in [-0.25, -0.2) is 0 Å². The average Bonchev–Trinajstić information content (AvgIpc) is 2.78. The second kappa shape index (κ2) is 26.4. The molecular weight excluding hydrogens is 396 g/mol. The molecule has 0 heterocycles. The zero-order valence-corrected chi connectivity index (χ0v) is 21.8. The van der Waals surface area contributed by atoms with E-state index >= 15 is 0 Å². The van der Waals surface area contributed by atoms with Gasteiger partial charge in [0, 0.05) is 6.42 Å². The third kappa shape index (κ3) is 23.8. The maximum Gasteiger partial charge on any atom is 0.306 e. The summed E-state index contributed by atoms with van der Waals surface area (Å²) in [6.07, 6.45) is 30.1. The molecule has 0 aliphatic carbocycles. The molecule has 0 rings (SSSR count). The standard InChI is InChI=1S/C29H55O3/c1-3-5-7-9-11-13-15-16-18-20-22-24-28(26-27-30)32-29(31)25-23-21-19-17-14-12-10-8-6-4-2/h28H,3-26H2,1-2H3. The fraction of sp³-hybridized carbons (Fsp3) is 0.931. The lowest BCUT2D eigenvalue weighted by Gasteiger charge is -2.15. The number of hydrogen-bond donors (Lipinski definition) is 0. The van der Waals surface area contributed by atoms with Gasteiger partial charge in [0.25, 0.3) is 0 Å². The maximum absolute atomic E-state index is 12.1. The Labute approximate surface area is 200 Å². The van der Waals surface area contributed by atoms with E-state index in [0.29, 0.717) is 6.42 Å². The fourth-order valence-electron chi connectivity index (χ4n) is 4.33. The van der Waals surface area contributed by atoms with Crippen LogP contribution in [0.25, 0.3) is 0 Å². The Balaban J connectivity index is 3.58. The molecule has 0 aromatic carbocycles. The van der Waals surface area contributed by atoms with E-state index in [1.165, 1.54) is 116 Å². The van der Waals surface area contributed by atoms with Gasteiger partial charge in [-0.2, -0.15) is 0 Å². The van der Waals surface area contributed by atoms with E-state index in [1.807, 2.05) is 6.29 Å². The summed E-state index contributed by atoms with van der Waals surface area (Å²) in [7, 11) is 0. The molecule has 32 heavy (non-hydrogen) atoms. The van der Waals surface area contributed by atoms with Gasteiger partial charge in [-0.3, -0.25) is 9.59 Å². The molecule has 0 spiro atoms. The summed E-state index contributed by atoms with van der Waals surface area (Å²) in [5, 5.41) is 0. The van der Waals surface area contributed by atoms with E-state index in [1.54, 1.807) is 0 Å². The lowest BCUT2D eigenvalue weighted by molar-refractivity contribution is -0.149. The Kier molecular flexibility index (Phi) is 25.7. The van der Waals surface area contributed by atoms with Crippen molar-refractivity contribution in [3.8, 4) is 0 Å². The number of rotatable bonds is 26. The number of ether oxygens (including phenoxy) is 1. The van der Waals surface area contributed by atoms with Crippen LogP contribution in [-0.4, -0.2) is 18.4 Å². The maximum atomic E-state index is 12.1. The Bertz CT molecular complexity index is 394. The van der Waals surface area contributed by atoms with Crippen LogP contribution in [0.15, 0.2) is 0 Å². The molecule has 1 atom stereocenters. The summed E-state index contributed by atoms with van der Waals surface area (Å²) in [5.41, 5.74) is 0. The Morgan fingerprint density at radius 2 is 0.969 bits per heavy atom. The molecule has 0 N–H and O–H groups in total.